The number of nitrogens with one attached hydrogen (secondary N) is 1. The van der Waals surface area contributed by atoms with Gasteiger partial charge in [0.15, 0.2) is 6.61 Å². The molecule has 3 saturated carbocycles. The largest absolute Gasteiger partial charge is 0.522 e. The van der Waals surface area contributed by atoms with Crippen molar-refractivity contribution in [2.75, 3.05) is 19.7 Å². The van der Waals surface area contributed by atoms with Crippen molar-refractivity contribution in [2.24, 2.45) is 0 Å². The number of alkyl halides is 3. The van der Waals surface area contributed by atoms with Gasteiger partial charge < -0.3 is 15.0 Å². The molecule has 6 rings (SSSR count). The zero-order valence-electron chi connectivity index (χ0n) is 20.4. The fourth-order valence-electron chi connectivity index (χ4n) is 5.82. The molecule has 4 aliphatic rings. The lowest BCUT2D eigenvalue weighted by atomic mass is 9.61. The van der Waals surface area contributed by atoms with Gasteiger partial charge in [-0.2, -0.15) is 5.10 Å². The molecule has 1 N–H and O–H groups in total. The van der Waals surface area contributed by atoms with Crippen LogP contribution in [0.15, 0.2) is 30.6 Å². The van der Waals surface area contributed by atoms with E-state index >= 15 is 0 Å². The summed E-state index contributed by atoms with van der Waals surface area (Å²) in [5, 5.41) is 7.52. The number of hydrogen-bond acceptors (Lipinski definition) is 5. The van der Waals surface area contributed by atoms with Gasteiger partial charge in [-0.05, 0) is 57.1 Å². The molecule has 13 heteroatoms. The molecule has 2 aromatic rings. The predicted molar refractivity (Wildman–Crippen MR) is 127 cm³/mol. The second-order valence-corrected chi connectivity index (χ2v) is 10.7. The molecule has 1 aromatic heterocycles. The maximum Gasteiger partial charge on any atom is 0.522 e. The summed E-state index contributed by atoms with van der Waals surface area (Å²) in [6.45, 7) is -0.174. The summed E-state index contributed by atoms with van der Waals surface area (Å²) in [5.74, 6) is -1.07. The summed E-state index contributed by atoms with van der Waals surface area (Å²) < 4.78 is 62.4. The number of likely N-dealkylation sites (tertiary alicyclic amines) is 1. The van der Waals surface area contributed by atoms with E-state index in [0.29, 0.717) is 5.56 Å². The fourth-order valence-corrected chi connectivity index (χ4v) is 5.93. The van der Waals surface area contributed by atoms with Gasteiger partial charge >= 0.3 is 6.36 Å². The SMILES string of the molecule is O=C(COc1ccc(Cl)c(F)c1)NC12CCC(n3cc(C(=O)N4CC[C@H](OC(F)(F)F)C4)cn3)(CC1)CC2. The van der Waals surface area contributed by atoms with Crippen LogP contribution in [0.5, 0.6) is 5.75 Å². The Bertz CT molecular complexity index is 1200. The summed E-state index contributed by atoms with van der Waals surface area (Å²) in [5.41, 5.74) is -0.309. The van der Waals surface area contributed by atoms with Crippen molar-refractivity contribution in [2.45, 2.75) is 68.5 Å². The van der Waals surface area contributed by atoms with E-state index in [-0.39, 0.29) is 59.8 Å². The zero-order chi connectivity index (χ0) is 27.1. The van der Waals surface area contributed by atoms with Crippen LogP contribution in [0.2, 0.25) is 5.02 Å². The van der Waals surface area contributed by atoms with Crippen LogP contribution in [-0.4, -0.2) is 64.2 Å². The molecule has 1 aliphatic heterocycles. The molecule has 206 valence electrons. The monoisotopic (exact) mass is 558 g/mol. The number of benzene rings is 1. The van der Waals surface area contributed by atoms with Crippen molar-refractivity contribution in [1.82, 2.24) is 20.0 Å². The summed E-state index contributed by atoms with van der Waals surface area (Å²) in [4.78, 5) is 26.8. The topological polar surface area (TPSA) is 85.7 Å². The van der Waals surface area contributed by atoms with E-state index in [9.17, 15) is 27.2 Å². The van der Waals surface area contributed by atoms with E-state index in [1.54, 1.807) is 6.20 Å². The molecule has 4 fully saturated rings. The van der Waals surface area contributed by atoms with E-state index in [0.717, 1.165) is 44.6 Å². The molecule has 0 unspecified atom stereocenters. The molecule has 0 spiro atoms. The summed E-state index contributed by atoms with van der Waals surface area (Å²) in [6, 6.07) is 3.99. The minimum absolute atomic E-state index is 0.0255. The van der Waals surface area contributed by atoms with Gasteiger partial charge in [-0.3, -0.25) is 19.0 Å². The van der Waals surface area contributed by atoms with E-state index in [4.69, 9.17) is 16.3 Å². The molecule has 1 aromatic carbocycles. The lowest BCUT2D eigenvalue weighted by Gasteiger charge is -2.53. The number of carbonyl (C=O) groups excluding carboxylic acids is 2. The second-order valence-electron chi connectivity index (χ2n) is 10.3. The average molecular weight is 559 g/mol. The maximum atomic E-state index is 13.6. The molecular formula is C25H27ClF4N4O4. The lowest BCUT2D eigenvalue weighted by Crippen LogP contribution is -2.60. The molecule has 8 nitrogen and oxygen atoms in total. The maximum absolute atomic E-state index is 13.6. The fraction of sp³-hybridized carbons (Fsp3) is 0.560. The summed E-state index contributed by atoms with van der Waals surface area (Å²) >= 11 is 5.67. The van der Waals surface area contributed by atoms with Gasteiger partial charge in [-0.15, -0.1) is 13.2 Å². The van der Waals surface area contributed by atoms with Crippen molar-refractivity contribution in [3.05, 3.63) is 47.0 Å². The van der Waals surface area contributed by atoms with Crippen molar-refractivity contribution in [3.63, 3.8) is 0 Å². The molecule has 2 bridgehead atoms. The molecule has 2 amide bonds. The molecule has 38 heavy (non-hydrogen) atoms. The molecule has 3 aliphatic carbocycles. The van der Waals surface area contributed by atoms with Crippen LogP contribution in [0.25, 0.3) is 0 Å². The average Bonchev–Trinajstić information content (AvgIpc) is 3.55. The van der Waals surface area contributed by atoms with E-state index in [1.807, 2.05) is 4.68 Å². The number of rotatable bonds is 7. The Labute approximate surface area is 221 Å². The van der Waals surface area contributed by atoms with Gasteiger partial charge in [-0.25, -0.2) is 4.39 Å². The number of hydrogen-bond donors (Lipinski definition) is 1. The van der Waals surface area contributed by atoms with E-state index in [1.165, 1.54) is 23.2 Å². The third-order valence-corrected chi connectivity index (χ3v) is 8.23. The number of fused-ring (bicyclic) bond motifs is 3. The molecule has 0 radical (unpaired) electrons. The van der Waals surface area contributed by atoms with Crippen LogP contribution in [0.3, 0.4) is 0 Å². The third kappa shape index (κ3) is 5.61. The lowest BCUT2D eigenvalue weighted by molar-refractivity contribution is -0.340. The zero-order valence-corrected chi connectivity index (χ0v) is 21.2. The van der Waals surface area contributed by atoms with Gasteiger partial charge in [0.1, 0.15) is 11.6 Å². The van der Waals surface area contributed by atoms with Crippen LogP contribution in [0.4, 0.5) is 17.6 Å². The van der Waals surface area contributed by atoms with Crippen molar-refractivity contribution < 1.29 is 36.6 Å². The third-order valence-electron chi connectivity index (χ3n) is 7.92. The Hall–Kier alpha value is -2.86. The van der Waals surface area contributed by atoms with E-state index in [2.05, 4.69) is 15.2 Å². The Balaban J connectivity index is 1.15. The minimum atomic E-state index is -4.73. The highest BCUT2D eigenvalue weighted by Crippen LogP contribution is 2.50. The van der Waals surface area contributed by atoms with Crippen LogP contribution < -0.4 is 10.1 Å². The molecule has 1 saturated heterocycles. The number of ether oxygens (including phenoxy) is 2. The Morgan fingerprint density at radius 1 is 1.16 bits per heavy atom. The van der Waals surface area contributed by atoms with Gasteiger partial charge in [0, 0.05) is 30.9 Å². The molecule has 1 atom stereocenters. The predicted octanol–water partition coefficient (Wildman–Crippen LogP) is 4.42. The normalized spacial score (nSPS) is 27.0. The number of carbonyl (C=O) groups is 2. The minimum Gasteiger partial charge on any atom is -0.484 e. The Kier molecular flexibility index (Phi) is 7.06. The molecule has 2 heterocycles. The van der Waals surface area contributed by atoms with Crippen LogP contribution >= 0.6 is 11.6 Å². The Morgan fingerprint density at radius 2 is 1.87 bits per heavy atom. The van der Waals surface area contributed by atoms with E-state index < -0.39 is 18.3 Å². The summed E-state index contributed by atoms with van der Waals surface area (Å²) in [6.07, 6.45) is 1.88. The van der Waals surface area contributed by atoms with Crippen LogP contribution in [-0.2, 0) is 15.1 Å². The Morgan fingerprint density at radius 3 is 2.53 bits per heavy atom. The quantitative estimate of drug-likeness (QED) is 0.509. The molecular weight excluding hydrogens is 532 g/mol. The number of aromatic nitrogens is 2. The van der Waals surface area contributed by atoms with Gasteiger partial charge in [0.25, 0.3) is 11.8 Å². The van der Waals surface area contributed by atoms with Gasteiger partial charge in [0.05, 0.1) is 28.4 Å². The van der Waals surface area contributed by atoms with Gasteiger partial charge in [0.2, 0.25) is 0 Å². The van der Waals surface area contributed by atoms with Crippen molar-refractivity contribution in [3.8, 4) is 5.75 Å². The second kappa shape index (κ2) is 10.0. The van der Waals surface area contributed by atoms with Crippen LogP contribution in [0, 0.1) is 5.82 Å². The van der Waals surface area contributed by atoms with Crippen molar-refractivity contribution >= 4 is 23.4 Å². The highest BCUT2D eigenvalue weighted by atomic mass is 35.5. The summed E-state index contributed by atoms with van der Waals surface area (Å²) in [7, 11) is 0. The standard InChI is InChI=1S/C25H27ClF4N4O4/c26-19-2-1-17(11-20(19)27)37-15-21(35)32-23-4-7-24(8-5-23,9-6-23)34-13-16(12-31-34)22(36)33-10-3-18(14-33)38-25(28,29)30/h1-2,11-13,18H,3-10,14-15H2,(H,32,35)/t18-,23?,24?/m0/s1. The number of halogens is 5. The smallest absolute Gasteiger partial charge is 0.484 e. The number of amides is 2. The first-order chi connectivity index (χ1) is 18.0. The first kappa shape index (κ1) is 26.7. The van der Waals surface area contributed by atoms with Crippen LogP contribution in [0.1, 0.15) is 55.3 Å². The number of nitrogens with zero attached hydrogens (tertiary/aromatic N) is 3. The highest BCUT2D eigenvalue weighted by molar-refractivity contribution is 6.30. The van der Waals surface area contributed by atoms with Gasteiger partial charge in [-0.1, -0.05) is 11.6 Å². The first-order valence-electron chi connectivity index (χ1n) is 12.4. The van der Waals surface area contributed by atoms with Crippen molar-refractivity contribution in [1.29, 1.82) is 0 Å². The highest BCUT2D eigenvalue weighted by Gasteiger charge is 2.51. The first-order valence-corrected chi connectivity index (χ1v) is 12.8.